The first-order valence-electron chi connectivity index (χ1n) is 7.90. The number of carbonyl (C=O) groups is 1. The highest BCUT2D eigenvalue weighted by Gasteiger charge is 2.19. The monoisotopic (exact) mass is 373 g/mol. The van der Waals surface area contributed by atoms with E-state index < -0.39 is 10.0 Å². The Hall–Kier alpha value is -2.78. The molecule has 26 heavy (non-hydrogen) atoms. The molecule has 3 N–H and O–H groups in total. The third-order valence-corrected chi connectivity index (χ3v) is 4.93. The SMILES string of the molecule is Cc1cc(C)n2nc(C)c(C(=O)NCc3ccc(S(N)(=O)=O)cc3)c2n1. The van der Waals surface area contributed by atoms with Crippen LogP contribution in [-0.2, 0) is 16.6 Å². The minimum atomic E-state index is -3.73. The summed E-state index contributed by atoms with van der Waals surface area (Å²) in [6.45, 7) is 5.78. The molecule has 2 heterocycles. The van der Waals surface area contributed by atoms with E-state index >= 15 is 0 Å². The number of nitrogens with one attached hydrogen (secondary N) is 1. The number of benzene rings is 1. The Morgan fingerprint density at radius 2 is 1.85 bits per heavy atom. The Morgan fingerprint density at radius 3 is 2.46 bits per heavy atom. The molecule has 2 aromatic heterocycles. The highest BCUT2D eigenvalue weighted by molar-refractivity contribution is 7.89. The molecule has 0 spiro atoms. The van der Waals surface area contributed by atoms with Gasteiger partial charge in [-0.1, -0.05) is 12.1 Å². The maximum absolute atomic E-state index is 12.6. The van der Waals surface area contributed by atoms with Crippen molar-refractivity contribution in [2.24, 2.45) is 5.14 Å². The normalized spacial score (nSPS) is 11.7. The standard InChI is InChI=1S/C17H19N5O3S/c1-10-8-11(2)22-16(20-10)15(12(3)21-22)17(23)19-9-13-4-6-14(7-5-13)26(18,24)25/h4-8H,9H2,1-3H3,(H,19,23)(H2,18,24,25). The van der Waals surface area contributed by atoms with Gasteiger partial charge in [-0.15, -0.1) is 0 Å². The van der Waals surface area contributed by atoms with Gasteiger partial charge in [0.15, 0.2) is 5.65 Å². The van der Waals surface area contributed by atoms with Crippen molar-refractivity contribution in [1.29, 1.82) is 0 Å². The maximum Gasteiger partial charge on any atom is 0.257 e. The molecule has 0 aliphatic heterocycles. The van der Waals surface area contributed by atoms with Crippen molar-refractivity contribution in [3.63, 3.8) is 0 Å². The molecule has 0 saturated carbocycles. The van der Waals surface area contributed by atoms with E-state index in [9.17, 15) is 13.2 Å². The summed E-state index contributed by atoms with van der Waals surface area (Å²) in [5.41, 5.74) is 3.99. The fraction of sp³-hybridized carbons (Fsp3) is 0.235. The molecule has 0 unspecified atom stereocenters. The number of hydrogen-bond donors (Lipinski definition) is 2. The minimum absolute atomic E-state index is 0.0289. The molecule has 9 heteroatoms. The molecule has 0 aliphatic rings. The number of fused-ring (bicyclic) bond motifs is 1. The van der Waals surface area contributed by atoms with Gasteiger partial charge in [0.2, 0.25) is 10.0 Å². The fourth-order valence-corrected chi connectivity index (χ4v) is 3.28. The predicted molar refractivity (Wildman–Crippen MR) is 96.2 cm³/mol. The van der Waals surface area contributed by atoms with Crippen LogP contribution in [0.1, 0.15) is 33.0 Å². The van der Waals surface area contributed by atoms with Gasteiger partial charge in [-0.05, 0) is 44.5 Å². The van der Waals surface area contributed by atoms with Crippen molar-refractivity contribution in [3.8, 4) is 0 Å². The van der Waals surface area contributed by atoms with Gasteiger partial charge >= 0.3 is 0 Å². The molecule has 0 aliphatic carbocycles. The number of aromatic nitrogens is 3. The predicted octanol–water partition coefficient (Wildman–Crippen LogP) is 1.23. The van der Waals surface area contributed by atoms with Gasteiger partial charge in [-0.2, -0.15) is 5.10 Å². The lowest BCUT2D eigenvalue weighted by Gasteiger charge is -2.06. The number of primary sulfonamides is 1. The van der Waals surface area contributed by atoms with E-state index in [1.54, 1.807) is 23.6 Å². The zero-order valence-corrected chi connectivity index (χ0v) is 15.5. The van der Waals surface area contributed by atoms with Crippen molar-refractivity contribution in [1.82, 2.24) is 19.9 Å². The quantitative estimate of drug-likeness (QED) is 0.713. The molecule has 8 nitrogen and oxygen atoms in total. The molecular weight excluding hydrogens is 354 g/mol. The summed E-state index contributed by atoms with van der Waals surface area (Å²) in [7, 11) is -3.73. The van der Waals surface area contributed by atoms with Crippen LogP contribution in [-0.4, -0.2) is 28.9 Å². The lowest BCUT2D eigenvalue weighted by Crippen LogP contribution is -2.23. The second-order valence-corrected chi connectivity index (χ2v) is 7.67. The number of nitrogens with zero attached hydrogens (tertiary/aromatic N) is 3. The second-order valence-electron chi connectivity index (χ2n) is 6.11. The van der Waals surface area contributed by atoms with Crippen molar-refractivity contribution >= 4 is 21.6 Å². The summed E-state index contributed by atoms with van der Waals surface area (Å²) in [5.74, 6) is -0.287. The lowest BCUT2D eigenvalue weighted by molar-refractivity contribution is 0.0951. The average molecular weight is 373 g/mol. The molecule has 0 atom stereocenters. The number of aryl methyl sites for hydroxylation is 3. The van der Waals surface area contributed by atoms with Crippen LogP contribution in [0.25, 0.3) is 5.65 Å². The Balaban J connectivity index is 1.83. The molecule has 0 saturated heterocycles. The Morgan fingerprint density at radius 1 is 1.19 bits per heavy atom. The number of rotatable bonds is 4. The number of amides is 1. The summed E-state index contributed by atoms with van der Waals surface area (Å²) in [6.07, 6.45) is 0. The lowest BCUT2D eigenvalue weighted by atomic mass is 10.2. The highest BCUT2D eigenvalue weighted by atomic mass is 32.2. The van der Waals surface area contributed by atoms with Crippen LogP contribution in [0.4, 0.5) is 0 Å². The van der Waals surface area contributed by atoms with Gasteiger partial charge in [0.05, 0.1) is 10.6 Å². The molecule has 3 aromatic rings. The van der Waals surface area contributed by atoms with Crippen LogP contribution < -0.4 is 10.5 Å². The van der Waals surface area contributed by atoms with Gasteiger partial charge in [0.25, 0.3) is 5.91 Å². The molecule has 1 aromatic carbocycles. The first kappa shape index (κ1) is 18.0. The van der Waals surface area contributed by atoms with Crippen LogP contribution in [0.15, 0.2) is 35.2 Å². The van der Waals surface area contributed by atoms with Crippen LogP contribution in [0.2, 0.25) is 0 Å². The van der Waals surface area contributed by atoms with Crippen molar-refractivity contribution in [2.45, 2.75) is 32.2 Å². The van der Waals surface area contributed by atoms with Crippen molar-refractivity contribution < 1.29 is 13.2 Å². The van der Waals surface area contributed by atoms with Gasteiger partial charge in [-0.25, -0.2) is 23.1 Å². The third kappa shape index (κ3) is 3.44. The van der Waals surface area contributed by atoms with E-state index in [2.05, 4.69) is 15.4 Å². The van der Waals surface area contributed by atoms with E-state index in [0.29, 0.717) is 16.9 Å². The van der Waals surface area contributed by atoms with E-state index in [4.69, 9.17) is 5.14 Å². The molecule has 136 valence electrons. The average Bonchev–Trinajstić information content (AvgIpc) is 2.88. The maximum atomic E-state index is 12.6. The van der Waals surface area contributed by atoms with E-state index in [-0.39, 0.29) is 17.3 Å². The summed E-state index contributed by atoms with van der Waals surface area (Å²) in [4.78, 5) is 17.1. The summed E-state index contributed by atoms with van der Waals surface area (Å²) in [5, 5.41) is 12.3. The number of hydrogen-bond acceptors (Lipinski definition) is 5. The number of carbonyl (C=O) groups excluding carboxylic acids is 1. The first-order valence-corrected chi connectivity index (χ1v) is 9.45. The Bertz CT molecular complexity index is 1100. The third-order valence-electron chi connectivity index (χ3n) is 4.00. The molecule has 3 rings (SSSR count). The molecule has 1 amide bonds. The smallest absolute Gasteiger partial charge is 0.257 e. The molecular formula is C17H19N5O3S. The second kappa shape index (κ2) is 6.50. The largest absolute Gasteiger partial charge is 0.348 e. The zero-order chi connectivity index (χ0) is 19.1. The van der Waals surface area contributed by atoms with Crippen LogP contribution in [0, 0.1) is 20.8 Å². The number of sulfonamides is 1. The highest BCUT2D eigenvalue weighted by Crippen LogP contribution is 2.16. The topological polar surface area (TPSA) is 119 Å². The van der Waals surface area contributed by atoms with Crippen LogP contribution in [0.3, 0.4) is 0 Å². The van der Waals surface area contributed by atoms with Crippen molar-refractivity contribution in [2.75, 3.05) is 0 Å². The van der Waals surface area contributed by atoms with E-state index in [1.807, 2.05) is 19.9 Å². The van der Waals surface area contributed by atoms with E-state index in [0.717, 1.165) is 17.0 Å². The number of nitrogens with two attached hydrogens (primary N) is 1. The molecule has 0 radical (unpaired) electrons. The van der Waals surface area contributed by atoms with E-state index in [1.165, 1.54) is 12.1 Å². The summed E-state index contributed by atoms with van der Waals surface area (Å²) in [6, 6.07) is 7.93. The summed E-state index contributed by atoms with van der Waals surface area (Å²) >= 11 is 0. The Labute approximate surface area is 151 Å². The molecule has 0 bridgehead atoms. The van der Waals surface area contributed by atoms with Gasteiger partial charge in [-0.3, -0.25) is 4.79 Å². The van der Waals surface area contributed by atoms with Gasteiger partial charge < -0.3 is 5.32 Å². The molecule has 0 fully saturated rings. The fourth-order valence-electron chi connectivity index (χ4n) is 2.76. The van der Waals surface area contributed by atoms with Crippen LogP contribution in [0.5, 0.6) is 0 Å². The van der Waals surface area contributed by atoms with Gasteiger partial charge in [0, 0.05) is 17.9 Å². The zero-order valence-electron chi connectivity index (χ0n) is 14.6. The summed E-state index contributed by atoms with van der Waals surface area (Å²) < 4.78 is 24.2. The first-order chi connectivity index (χ1) is 12.2. The minimum Gasteiger partial charge on any atom is -0.348 e. The Kier molecular flexibility index (Phi) is 4.51. The van der Waals surface area contributed by atoms with Crippen LogP contribution >= 0.6 is 0 Å². The van der Waals surface area contributed by atoms with Crippen molar-refractivity contribution in [3.05, 3.63) is 58.5 Å². The van der Waals surface area contributed by atoms with Gasteiger partial charge in [0.1, 0.15) is 5.56 Å².